The average molecular weight is 475 g/mol. The van der Waals surface area contributed by atoms with Gasteiger partial charge in [0.2, 0.25) is 0 Å². The third-order valence-electron chi connectivity index (χ3n) is 5.37. The molecular weight excluding hydrogens is 456 g/mol. The fraction of sp³-hybridized carbons (Fsp3) is 0.333. The zero-order valence-electron chi connectivity index (χ0n) is 16.0. The van der Waals surface area contributed by atoms with Crippen molar-refractivity contribution in [3.63, 3.8) is 0 Å². The molecule has 8 nitrogen and oxygen atoms in total. The second kappa shape index (κ2) is 8.43. The lowest BCUT2D eigenvalue weighted by atomic mass is 9.88. The van der Waals surface area contributed by atoms with E-state index in [4.69, 9.17) is 9.47 Å². The molecule has 0 bridgehead atoms. The Morgan fingerprint density at radius 2 is 1.67 bits per heavy atom. The Labute approximate surface area is 181 Å². The first kappa shape index (κ1) is 20.3. The molecule has 0 N–H and O–H groups in total. The smallest absolute Gasteiger partial charge is 0.284 e. The number of Topliss-reactive ketones (excluding diaryl/α,β-unsaturated/α-hetero) is 1. The number of piperidine rings is 1. The first-order valence-electron chi connectivity index (χ1n) is 9.61. The molecule has 2 aliphatic rings. The van der Waals surface area contributed by atoms with Crippen LogP contribution in [0.1, 0.15) is 33.6 Å². The Morgan fingerprint density at radius 1 is 1.00 bits per heavy atom. The number of halogens is 1. The van der Waals surface area contributed by atoms with Crippen molar-refractivity contribution in [2.24, 2.45) is 5.92 Å². The minimum absolute atomic E-state index is 0.0263. The summed E-state index contributed by atoms with van der Waals surface area (Å²) in [4.78, 5) is 37.9. The van der Waals surface area contributed by atoms with Crippen LogP contribution in [0.2, 0.25) is 0 Å². The van der Waals surface area contributed by atoms with Gasteiger partial charge in [-0.1, -0.05) is 0 Å². The fourth-order valence-corrected chi connectivity index (χ4v) is 4.14. The van der Waals surface area contributed by atoms with Crippen molar-refractivity contribution in [1.82, 2.24) is 4.90 Å². The standard InChI is InChI=1S/C21H19BrN2O6/c22-16-3-1-15(11-17(16)24(27)28)21(26)23-7-5-13(6-8-23)20(25)14-2-4-18-19(12-14)30-10-9-29-18/h1-4,11-13H,5-10H2. The van der Waals surface area contributed by atoms with Crippen molar-refractivity contribution >= 4 is 33.3 Å². The number of ether oxygens (including phenoxy) is 2. The van der Waals surface area contributed by atoms with E-state index in [0.29, 0.717) is 60.7 Å². The van der Waals surface area contributed by atoms with Gasteiger partial charge in [-0.05, 0) is 59.1 Å². The summed E-state index contributed by atoms with van der Waals surface area (Å²) in [6.07, 6.45) is 1.08. The van der Waals surface area contributed by atoms with Gasteiger partial charge in [-0.15, -0.1) is 0 Å². The van der Waals surface area contributed by atoms with Gasteiger partial charge in [-0.25, -0.2) is 0 Å². The van der Waals surface area contributed by atoms with Gasteiger partial charge in [0.25, 0.3) is 11.6 Å². The summed E-state index contributed by atoms with van der Waals surface area (Å²) < 4.78 is 11.4. The fourth-order valence-electron chi connectivity index (χ4n) is 3.75. The summed E-state index contributed by atoms with van der Waals surface area (Å²) in [5.74, 6) is 0.795. The number of ketones is 1. The normalized spacial score (nSPS) is 16.2. The molecule has 156 valence electrons. The van der Waals surface area contributed by atoms with Gasteiger partial charge in [0.1, 0.15) is 13.2 Å². The van der Waals surface area contributed by atoms with Crippen LogP contribution in [0.15, 0.2) is 40.9 Å². The summed E-state index contributed by atoms with van der Waals surface area (Å²) in [5.41, 5.74) is 0.693. The lowest BCUT2D eigenvalue weighted by Gasteiger charge is -2.31. The Bertz CT molecular complexity index is 1020. The maximum Gasteiger partial charge on any atom is 0.284 e. The first-order chi connectivity index (χ1) is 14.4. The molecule has 0 aromatic heterocycles. The van der Waals surface area contributed by atoms with Gasteiger partial charge in [-0.3, -0.25) is 19.7 Å². The highest BCUT2D eigenvalue weighted by atomic mass is 79.9. The van der Waals surface area contributed by atoms with Gasteiger partial charge in [-0.2, -0.15) is 0 Å². The average Bonchev–Trinajstić information content (AvgIpc) is 2.78. The Balaban J connectivity index is 1.41. The molecule has 2 aromatic carbocycles. The van der Waals surface area contributed by atoms with E-state index < -0.39 is 4.92 Å². The van der Waals surface area contributed by atoms with Crippen LogP contribution in [0.5, 0.6) is 11.5 Å². The molecule has 0 atom stereocenters. The monoisotopic (exact) mass is 474 g/mol. The number of nitro benzene ring substituents is 1. The van der Waals surface area contributed by atoms with Crippen LogP contribution in [0.4, 0.5) is 5.69 Å². The van der Waals surface area contributed by atoms with E-state index >= 15 is 0 Å². The Morgan fingerprint density at radius 3 is 2.37 bits per heavy atom. The summed E-state index contributed by atoms with van der Waals surface area (Å²) in [6.45, 7) is 1.79. The number of hydrogen-bond acceptors (Lipinski definition) is 6. The molecule has 0 saturated carbocycles. The molecule has 0 aliphatic carbocycles. The number of carbonyl (C=O) groups excluding carboxylic acids is 2. The minimum Gasteiger partial charge on any atom is -0.486 e. The number of likely N-dealkylation sites (tertiary alicyclic amines) is 1. The molecule has 30 heavy (non-hydrogen) atoms. The molecule has 0 spiro atoms. The van der Waals surface area contributed by atoms with Crippen molar-refractivity contribution in [3.05, 3.63) is 62.1 Å². The number of nitro groups is 1. The molecule has 2 aromatic rings. The van der Waals surface area contributed by atoms with Crippen molar-refractivity contribution in [2.75, 3.05) is 26.3 Å². The molecule has 0 unspecified atom stereocenters. The number of carbonyl (C=O) groups is 2. The van der Waals surface area contributed by atoms with Gasteiger partial charge < -0.3 is 14.4 Å². The maximum atomic E-state index is 12.9. The molecule has 0 radical (unpaired) electrons. The van der Waals surface area contributed by atoms with Crippen LogP contribution in [0.3, 0.4) is 0 Å². The van der Waals surface area contributed by atoms with Gasteiger partial charge in [0, 0.05) is 36.2 Å². The highest BCUT2D eigenvalue weighted by Crippen LogP contribution is 2.33. The Hall–Kier alpha value is -2.94. The number of rotatable bonds is 4. The highest BCUT2D eigenvalue weighted by molar-refractivity contribution is 9.10. The van der Waals surface area contributed by atoms with E-state index in [1.54, 1.807) is 29.2 Å². The van der Waals surface area contributed by atoms with Crippen molar-refractivity contribution < 1.29 is 24.0 Å². The predicted molar refractivity (Wildman–Crippen MR) is 111 cm³/mol. The van der Waals surface area contributed by atoms with Gasteiger partial charge >= 0.3 is 0 Å². The summed E-state index contributed by atoms with van der Waals surface area (Å²) in [5, 5.41) is 11.1. The van der Waals surface area contributed by atoms with Crippen LogP contribution < -0.4 is 9.47 Å². The van der Waals surface area contributed by atoms with Crippen LogP contribution >= 0.6 is 15.9 Å². The summed E-state index contributed by atoms with van der Waals surface area (Å²) >= 11 is 3.12. The van der Waals surface area contributed by atoms with E-state index in [1.807, 2.05) is 0 Å². The van der Waals surface area contributed by atoms with Crippen molar-refractivity contribution in [2.45, 2.75) is 12.8 Å². The molecule has 9 heteroatoms. The van der Waals surface area contributed by atoms with Gasteiger partial charge in [0.05, 0.1) is 9.40 Å². The molecule has 1 saturated heterocycles. The zero-order valence-corrected chi connectivity index (χ0v) is 17.6. The second-order valence-electron chi connectivity index (χ2n) is 7.21. The third kappa shape index (κ3) is 4.02. The van der Waals surface area contributed by atoms with E-state index in [9.17, 15) is 19.7 Å². The van der Waals surface area contributed by atoms with Crippen LogP contribution in [-0.4, -0.2) is 47.8 Å². The Kier molecular flexibility index (Phi) is 5.72. The van der Waals surface area contributed by atoms with Crippen molar-refractivity contribution in [3.8, 4) is 11.5 Å². The van der Waals surface area contributed by atoms with E-state index in [0.717, 1.165) is 0 Å². The van der Waals surface area contributed by atoms with Crippen LogP contribution in [0.25, 0.3) is 0 Å². The molecule has 2 aliphatic heterocycles. The minimum atomic E-state index is -0.529. The zero-order chi connectivity index (χ0) is 21.3. The predicted octanol–water partition coefficient (Wildman–Crippen LogP) is 3.86. The lowest BCUT2D eigenvalue weighted by molar-refractivity contribution is -0.385. The van der Waals surface area contributed by atoms with Crippen LogP contribution in [0, 0.1) is 16.0 Å². The number of amides is 1. The lowest BCUT2D eigenvalue weighted by Crippen LogP contribution is -2.40. The molecular formula is C21H19BrN2O6. The highest BCUT2D eigenvalue weighted by Gasteiger charge is 2.30. The molecule has 4 rings (SSSR count). The number of hydrogen-bond donors (Lipinski definition) is 0. The summed E-state index contributed by atoms with van der Waals surface area (Å²) in [6, 6.07) is 9.55. The number of benzene rings is 2. The SMILES string of the molecule is O=C(c1ccc2c(c1)OCCO2)C1CCN(C(=O)c2ccc(Br)c([N+](=O)[O-])c2)CC1. The quantitative estimate of drug-likeness (QED) is 0.378. The molecule has 1 amide bonds. The molecule has 1 fully saturated rings. The largest absolute Gasteiger partial charge is 0.486 e. The first-order valence-corrected chi connectivity index (χ1v) is 10.4. The second-order valence-corrected chi connectivity index (χ2v) is 8.07. The van der Waals surface area contributed by atoms with E-state index in [1.165, 1.54) is 12.1 Å². The van der Waals surface area contributed by atoms with Gasteiger partial charge in [0.15, 0.2) is 17.3 Å². The van der Waals surface area contributed by atoms with E-state index in [2.05, 4.69) is 15.9 Å². The van der Waals surface area contributed by atoms with Crippen LogP contribution in [-0.2, 0) is 0 Å². The van der Waals surface area contributed by atoms with Crippen molar-refractivity contribution in [1.29, 1.82) is 0 Å². The maximum absolute atomic E-state index is 12.9. The van der Waals surface area contributed by atoms with E-state index in [-0.39, 0.29) is 28.9 Å². The third-order valence-corrected chi connectivity index (χ3v) is 6.04. The number of fused-ring (bicyclic) bond motifs is 1. The topological polar surface area (TPSA) is 99.0 Å². The number of nitrogens with zero attached hydrogens (tertiary/aromatic N) is 2. The molecule has 2 heterocycles. The summed E-state index contributed by atoms with van der Waals surface area (Å²) in [7, 11) is 0.